The predicted molar refractivity (Wildman–Crippen MR) is 97.0 cm³/mol. The molecule has 0 aliphatic carbocycles. The van der Waals surface area contributed by atoms with Crippen molar-refractivity contribution in [1.29, 1.82) is 0 Å². The van der Waals surface area contributed by atoms with Crippen LogP contribution in [0.5, 0.6) is 0 Å². The van der Waals surface area contributed by atoms with Gasteiger partial charge in [0.25, 0.3) is 0 Å². The van der Waals surface area contributed by atoms with Gasteiger partial charge in [-0.15, -0.1) is 0 Å². The molecule has 0 spiro atoms. The molecule has 0 bridgehead atoms. The van der Waals surface area contributed by atoms with E-state index in [-0.39, 0.29) is 12.1 Å². The van der Waals surface area contributed by atoms with E-state index in [0.717, 1.165) is 12.8 Å². The van der Waals surface area contributed by atoms with Gasteiger partial charge in [-0.3, -0.25) is 4.79 Å². The fourth-order valence-electron chi connectivity index (χ4n) is 3.01. The SMILES string of the molecule is CCCCCCCCCCCCCCCC(=O)OCC1COCO1. The summed E-state index contributed by atoms with van der Waals surface area (Å²) in [5, 5.41) is 0. The lowest BCUT2D eigenvalue weighted by Gasteiger charge is -2.08. The third-order valence-electron chi connectivity index (χ3n) is 4.61. The Morgan fingerprint density at radius 2 is 1.42 bits per heavy atom. The molecule has 0 radical (unpaired) electrons. The van der Waals surface area contributed by atoms with Crippen LogP contribution < -0.4 is 0 Å². The molecule has 0 aromatic heterocycles. The summed E-state index contributed by atoms with van der Waals surface area (Å²) < 4.78 is 15.5. The highest BCUT2D eigenvalue weighted by Crippen LogP contribution is 2.13. The first-order valence-corrected chi connectivity index (χ1v) is 10.2. The van der Waals surface area contributed by atoms with Gasteiger partial charge < -0.3 is 14.2 Å². The van der Waals surface area contributed by atoms with Crippen LogP contribution in [0.4, 0.5) is 0 Å². The molecule has 1 unspecified atom stereocenters. The molecule has 0 saturated carbocycles. The molecular weight excluding hydrogens is 304 g/mol. The van der Waals surface area contributed by atoms with Crippen LogP contribution in [0.1, 0.15) is 96.8 Å². The van der Waals surface area contributed by atoms with Gasteiger partial charge in [-0.1, -0.05) is 84.0 Å². The molecule has 0 N–H and O–H groups in total. The Balaban J connectivity index is 1.73. The van der Waals surface area contributed by atoms with E-state index in [2.05, 4.69) is 6.92 Å². The van der Waals surface area contributed by atoms with Gasteiger partial charge in [0.1, 0.15) is 19.5 Å². The predicted octanol–water partition coefficient (Wildman–Crippen LogP) is 5.38. The van der Waals surface area contributed by atoms with Gasteiger partial charge in [-0.2, -0.15) is 0 Å². The molecule has 1 heterocycles. The molecule has 142 valence electrons. The highest BCUT2D eigenvalue weighted by molar-refractivity contribution is 5.69. The van der Waals surface area contributed by atoms with Crippen LogP contribution in [-0.4, -0.2) is 32.1 Å². The molecule has 1 atom stereocenters. The van der Waals surface area contributed by atoms with Crippen LogP contribution in [-0.2, 0) is 19.0 Å². The molecule has 0 amide bonds. The molecule has 0 aromatic carbocycles. The minimum absolute atomic E-state index is 0.0689. The number of carbonyl (C=O) groups excluding carboxylic acids is 1. The summed E-state index contributed by atoms with van der Waals surface area (Å²) >= 11 is 0. The third-order valence-corrected chi connectivity index (χ3v) is 4.61. The summed E-state index contributed by atoms with van der Waals surface area (Å²) in [5.41, 5.74) is 0. The standard InChI is InChI=1S/C20H38O4/c1-2-3-4-5-6-7-8-9-10-11-12-13-14-15-20(21)23-17-19-16-22-18-24-19/h19H,2-18H2,1H3. The van der Waals surface area contributed by atoms with Gasteiger partial charge >= 0.3 is 5.97 Å². The molecule has 0 aromatic rings. The lowest BCUT2D eigenvalue weighted by atomic mass is 10.0. The lowest BCUT2D eigenvalue weighted by Crippen LogP contribution is -2.20. The molecule has 24 heavy (non-hydrogen) atoms. The minimum atomic E-state index is -0.103. The van der Waals surface area contributed by atoms with E-state index < -0.39 is 0 Å². The van der Waals surface area contributed by atoms with Crippen LogP contribution in [0.2, 0.25) is 0 Å². The monoisotopic (exact) mass is 342 g/mol. The van der Waals surface area contributed by atoms with Crippen molar-refractivity contribution in [2.45, 2.75) is 103 Å². The van der Waals surface area contributed by atoms with E-state index in [1.807, 2.05) is 0 Å². The molecule has 1 rings (SSSR count). The number of hydrogen-bond acceptors (Lipinski definition) is 4. The van der Waals surface area contributed by atoms with E-state index in [4.69, 9.17) is 14.2 Å². The first-order valence-electron chi connectivity index (χ1n) is 10.2. The van der Waals surface area contributed by atoms with Gasteiger partial charge in [-0.05, 0) is 6.42 Å². The van der Waals surface area contributed by atoms with Gasteiger partial charge in [0.05, 0.1) is 6.61 Å². The average Bonchev–Trinajstić information content (AvgIpc) is 3.10. The Kier molecular flexibility index (Phi) is 14.2. The molecule has 4 heteroatoms. The van der Waals surface area contributed by atoms with Gasteiger partial charge in [-0.25, -0.2) is 0 Å². The molecule has 1 fully saturated rings. The topological polar surface area (TPSA) is 44.8 Å². The van der Waals surface area contributed by atoms with E-state index in [0.29, 0.717) is 26.4 Å². The largest absolute Gasteiger partial charge is 0.463 e. The highest BCUT2D eigenvalue weighted by Gasteiger charge is 2.17. The van der Waals surface area contributed by atoms with Gasteiger partial charge in [0.2, 0.25) is 0 Å². The number of hydrogen-bond donors (Lipinski definition) is 0. The first kappa shape index (κ1) is 21.4. The summed E-state index contributed by atoms with van der Waals surface area (Å²) in [6.07, 6.45) is 17.6. The number of rotatable bonds is 16. The molecule has 1 aliphatic heterocycles. The second-order valence-electron chi connectivity index (χ2n) is 6.95. The number of esters is 1. The van der Waals surface area contributed by atoms with Crippen molar-refractivity contribution in [2.24, 2.45) is 0 Å². The quantitative estimate of drug-likeness (QED) is 0.279. The zero-order valence-corrected chi connectivity index (χ0v) is 15.7. The average molecular weight is 343 g/mol. The summed E-state index contributed by atoms with van der Waals surface area (Å²) in [5.74, 6) is -0.103. The molecule has 4 nitrogen and oxygen atoms in total. The van der Waals surface area contributed by atoms with E-state index in [1.165, 1.54) is 70.6 Å². The second kappa shape index (κ2) is 15.9. The van der Waals surface area contributed by atoms with E-state index >= 15 is 0 Å². The minimum Gasteiger partial charge on any atom is -0.463 e. The van der Waals surface area contributed by atoms with Crippen LogP contribution >= 0.6 is 0 Å². The summed E-state index contributed by atoms with van der Waals surface area (Å²) in [7, 11) is 0. The van der Waals surface area contributed by atoms with Crippen molar-refractivity contribution in [1.82, 2.24) is 0 Å². The van der Waals surface area contributed by atoms with Crippen molar-refractivity contribution >= 4 is 5.97 Å². The normalized spacial score (nSPS) is 17.3. The number of ether oxygens (including phenoxy) is 3. The van der Waals surface area contributed by atoms with Crippen molar-refractivity contribution < 1.29 is 19.0 Å². The molecular formula is C20H38O4. The van der Waals surface area contributed by atoms with Crippen LogP contribution in [0.3, 0.4) is 0 Å². The smallest absolute Gasteiger partial charge is 0.305 e. The summed E-state index contributed by atoms with van der Waals surface area (Å²) in [4.78, 5) is 11.6. The van der Waals surface area contributed by atoms with Crippen LogP contribution in [0.15, 0.2) is 0 Å². The summed E-state index contributed by atoms with van der Waals surface area (Å²) in [6, 6.07) is 0. The molecule has 1 saturated heterocycles. The zero-order chi connectivity index (χ0) is 17.3. The van der Waals surface area contributed by atoms with Crippen molar-refractivity contribution in [3.63, 3.8) is 0 Å². The fraction of sp³-hybridized carbons (Fsp3) is 0.950. The van der Waals surface area contributed by atoms with Crippen molar-refractivity contribution in [3.05, 3.63) is 0 Å². The lowest BCUT2D eigenvalue weighted by molar-refractivity contribution is -0.146. The molecule has 1 aliphatic rings. The number of carbonyl (C=O) groups is 1. The van der Waals surface area contributed by atoms with E-state index in [1.54, 1.807) is 0 Å². The second-order valence-corrected chi connectivity index (χ2v) is 6.95. The zero-order valence-electron chi connectivity index (χ0n) is 15.7. The first-order chi connectivity index (χ1) is 11.8. The van der Waals surface area contributed by atoms with E-state index in [9.17, 15) is 4.79 Å². The maximum absolute atomic E-state index is 11.6. The highest BCUT2D eigenvalue weighted by atomic mass is 16.7. The van der Waals surface area contributed by atoms with Crippen LogP contribution in [0, 0.1) is 0 Å². The fourth-order valence-corrected chi connectivity index (χ4v) is 3.01. The maximum Gasteiger partial charge on any atom is 0.305 e. The number of unbranched alkanes of at least 4 members (excludes halogenated alkanes) is 12. The Hall–Kier alpha value is -0.610. The van der Waals surface area contributed by atoms with Crippen LogP contribution in [0.25, 0.3) is 0 Å². The van der Waals surface area contributed by atoms with Crippen molar-refractivity contribution in [2.75, 3.05) is 20.0 Å². The Morgan fingerprint density at radius 1 is 0.875 bits per heavy atom. The van der Waals surface area contributed by atoms with Gasteiger partial charge in [0, 0.05) is 6.42 Å². The third kappa shape index (κ3) is 12.8. The van der Waals surface area contributed by atoms with Gasteiger partial charge in [0.15, 0.2) is 0 Å². The summed E-state index contributed by atoms with van der Waals surface area (Å²) in [6.45, 7) is 3.45. The Morgan fingerprint density at radius 3 is 1.92 bits per heavy atom. The Bertz CT molecular complexity index is 287. The van der Waals surface area contributed by atoms with Crippen molar-refractivity contribution in [3.8, 4) is 0 Å². The maximum atomic E-state index is 11.6. The Labute approximate surface area is 148 Å².